The van der Waals surface area contributed by atoms with Gasteiger partial charge in [-0.2, -0.15) is 0 Å². The highest BCUT2D eigenvalue weighted by Crippen LogP contribution is 2.72. The van der Waals surface area contributed by atoms with Crippen molar-refractivity contribution in [2.75, 3.05) is 0 Å². The molecule has 3 unspecified atom stereocenters. The number of aliphatic hydroxyl groups excluding tert-OH is 2. The second kappa shape index (κ2) is 13.2. The van der Waals surface area contributed by atoms with Crippen molar-refractivity contribution in [3.8, 4) is 0 Å². The first kappa shape index (κ1) is 38.4. The number of hydrogen-bond acceptors (Lipinski definition) is 8. The van der Waals surface area contributed by atoms with Crippen molar-refractivity contribution in [1.82, 2.24) is 5.32 Å². The largest absolute Gasteiger partial charge is 0.456 e. The van der Waals surface area contributed by atoms with Crippen LogP contribution in [0, 0.1) is 28.1 Å². The molecule has 0 spiro atoms. The van der Waals surface area contributed by atoms with Crippen LogP contribution in [0.5, 0.6) is 0 Å². The molecular weight excluding hydrogens is 658 g/mol. The first-order valence-electron chi connectivity index (χ1n) is 18.8. The SMILES string of the molecule is CC(=O)N[C@@H](c1ccccc1)[C@@H](OC(C)(C)C)C(=O)O[C@H]1C[C@@]2(O)[C@@H](c3ccccc3)C3C(C)(C(=O)[C@H](O)C(=C1C)C2(C)C)[C@@H](O)CC1CC[C@]13C. The fourth-order valence-electron chi connectivity index (χ4n) is 10.7. The van der Waals surface area contributed by atoms with E-state index in [0.717, 1.165) is 18.4 Å². The standard InChI is InChI=1S/C43H57NO8/c1-24-29(51-38(49)35(52-39(3,4)5)33(44-25(2)45)27-18-14-11-15-19-27)23-43(50)32(26-16-12-10-13-17-26)36-41(8)21-20-28(41)22-30(46)42(36,9)37(48)34(47)31(24)40(43,6)7/h10-19,28-30,32-36,46-47,50H,20-23H2,1-9H3,(H,44,45)/t28?,29-,30-,32-,33-,34+,35+,36?,41+,42?,43+/m0/s1. The van der Waals surface area contributed by atoms with Crippen molar-refractivity contribution < 1.29 is 39.2 Å². The molecule has 0 saturated heterocycles. The molecule has 1 amide bonds. The molecule has 3 fully saturated rings. The van der Waals surface area contributed by atoms with Gasteiger partial charge in [0.25, 0.3) is 0 Å². The number of aliphatic hydroxyl groups is 3. The maximum Gasteiger partial charge on any atom is 0.338 e. The molecule has 4 aliphatic carbocycles. The summed E-state index contributed by atoms with van der Waals surface area (Å²) in [6.45, 7) is 16.3. The zero-order chi connectivity index (χ0) is 38.2. The van der Waals surface area contributed by atoms with E-state index in [4.69, 9.17) is 9.47 Å². The molecule has 3 saturated carbocycles. The molecule has 11 atom stereocenters. The third-order valence-electron chi connectivity index (χ3n) is 13.5. The minimum Gasteiger partial charge on any atom is -0.456 e. The van der Waals surface area contributed by atoms with Crippen LogP contribution in [0.25, 0.3) is 0 Å². The molecule has 4 N–H and O–H groups in total. The Morgan fingerprint density at radius 3 is 2.10 bits per heavy atom. The van der Waals surface area contributed by atoms with E-state index in [1.54, 1.807) is 26.0 Å². The predicted octanol–water partition coefficient (Wildman–Crippen LogP) is 5.97. The second-order valence-corrected chi connectivity index (χ2v) is 17.9. The lowest BCUT2D eigenvalue weighted by Gasteiger charge is -2.69. The van der Waals surface area contributed by atoms with Crippen LogP contribution in [0.3, 0.4) is 0 Å². The van der Waals surface area contributed by atoms with Crippen molar-refractivity contribution in [2.24, 2.45) is 28.1 Å². The fraction of sp³-hybridized carbons (Fsp3) is 0.605. The molecule has 2 aromatic carbocycles. The lowest BCUT2D eigenvalue weighted by molar-refractivity contribution is -0.233. The van der Waals surface area contributed by atoms with Crippen LogP contribution in [0.2, 0.25) is 0 Å². The summed E-state index contributed by atoms with van der Waals surface area (Å²) in [5, 5.41) is 40.7. The van der Waals surface area contributed by atoms with Gasteiger partial charge in [0.15, 0.2) is 11.9 Å². The minimum atomic E-state index is -1.65. The number of nitrogens with one attached hydrogen (secondary N) is 1. The van der Waals surface area contributed by atoms with Gasteiger partial charge >= 0.3 is 5.97 Å². The van der Waals surface area contributed by atoms with Crippen molar-refractivity contribution in [3.63, 3.8) is 0 Å². The lowest BCUT2D eigenvalue weighted by Crippen LogP contribution is -2.72. The van der Waals surface area contributed by atoms with E-state index in [2.05, 4.69) is 12.2 Å². The Balaban J connectivity index is 1.52. The van der Waals surface area contributed by atoms with Crippen LogP contribution in [-0.4, -0.2) is 68.6 Å². The Morgan fingerprint density at radius 1 is 0.962 bits per heavy atom. The Hall–Kier alpha value is -3.37. The number of ketones is 1. The normalized spacial score (nSPS) is 36.6. The van der Waals surface area contributed by atoms with Gasteiger partial charge in [0, 0.05) is 24.7 Å². The summed E-state index contributed by atoms with van der Waals surface area (Å²) >= 11 is 0. The van der Waals surface area contributed by atoms with Crippen molar-refractivity contribution in [2.45, 2.75) is 136 Å². The lowest BCUT2D eigenvalue weighted by atomic mass is 9.35. The van der Waals surface area contributed by atoms with Crippen LogP contribution in [0.15, 0.2) is 71.8 Å². The molecule has 2 aromatic rings. The molecule has 0 aliphatic heterocycles. The summed E-state index contributed by atoms with van der Waals surface area (Å²) in [4.78, 5) is 42.1. The van der Waals surface area contributed by atoms with Crippen molar-refractivity contribution in [3.05, 3.63) is 82.9 Å². The van der Waals surface area contributed by atoms with E-state index >= 15 is 0 Å². The zero-order valence-electron chi connectivity index (χ0n) is 32.1. The van der Waals surface area contributed by atoms with E-state index in [0.29, 0.717) is 23.1 Å². The summed E-state index contributed by atoms with van der Waals surface area (Å²) in [6.07, 6.45) is -2.82. The van der Waals surface area contributed by atoms with Gasteiger partial charge in [-0.3, -0.25) is 9.59 Å². The Kier molecular flexibility index (Phi) is 9.73. The first-order chi connectivity index (χ1) is 24.2. The monoisotopic (exact) mass is 715 g/mol. The number of fused-ring (bicyclic) bond motifs is 5. The van der Waals surface area contributed by atoms with Crippen molar-refractivity contribution >= 4 is 17.7 Å². The van der Waals surface area contributed by atoms with E-state index in [1.165, 1.54) is 6.92 Å². The zero-order valence-corrected chi connectivity index (χ0v) is 32.1. The van der Waals surface area contributed by atoms with E-state index in [-0.39, 0.29) is 18.2 Å². The summed E-state index contributed by atoms with van der Waals surface area (Å²) in [7, 11) is 0. The van der Waals surface area contributed by atoms with Gasteiger partial charge in [-0.25, -0.2) is 4.79 Å². The van der Waals surface area contributed by atoms with Crippen LogP contribution in [0.1, 0.15) is 111 Å². The number of amides is 1. The molecule has 52 heavy (non-hydrogen) atoms. The Labute approximate surface area is 308 Å². The van der Waals surface area contributed by atoms with Gasteiger partial charge in [-0.05, 0) is 93.4 Å². The van der Waals surface area contributed by atoms with Gasteiger partial charge in [-0.1, -0.05) is 81.4 Å². The maximum atomic E-state index is 14.9. The maximum absolute atomic E-state index is 14.9. The Bertz CT molecular complexity index is 1730. The van der Waals surface area contributed by atoms with E-state index in [9.17, 15) is 29.7 Å². The molecule has 0 aromatic heterocycles. The van der Waals surface area contributed by atoms with Gasteiger partial charge in [0.05, 0.1) is 28.8 Å². The van der Waals surface area contributed by atoms with Crippen molar-refractivity contribution in [1.29, 1.82) is 0 Å². The number of esters is 1. The quantitative estimate of drug-likeness (QED) is 0.203. The Morgan fingerprint density at radius 2 is 1.56 bits per heavy atom. The number of carbonyl (C=O) groups excluding carboxylic acids is 3. The third kappa shape index (κ3) is 5.96. The molecule has 282 valence electrons. The van der Waals surface area contributed by atoms with Crippen LogP contribution >= 0.6 is 0 Å². The third-order valence-corrected chi connectivity index (χ3v) is 13.5. The predicted molar refractivity (Wildman–Crippen MR) is 197 cm³/mol. The van der Waals surface area contributed by atoms with Gasteiger partial charge in [-0.15, -0.1) is 0 Å². The fourth-order valence-corrected chi connectivity index (χ4v) is 10.7. The first-order valence-corrected chi connectivity index (χ1v) is 18.8. The smallest absolute Gasteiger partial charge is 0.338 e. The number of rotatable bonds is 7. The van der Waals surface area contributed by atoms with Crippen LogP contribution in [0.4, 0.5) is 0 Å². The second-order valence-electron chi connectivity index (χ2n) is 17.9. The van der Waals surface area contributed by atoms with Crippen LogP contribution < -0.4 is 5.32 Å². The summed E-state index contributed by atoms with van der Waals surface area (Å²) in [5.41, 5.74) is -3.14. The molecule has 6 rings (SSSR count). The molecule has 0 radical (unpaired) electrons. The molecule has 4 aliphatic rings. The summed E-state index contributed by atoms with van der Waals surface area (Å²) in [6, 6.07) is 17.9. The van der Waals surface area contributed by atoms with E-state index < -0.39 is 81.5 Å². The number of hydrogen-bond donors (Lipinski definition) is 4. The van der Waals surface area contributed by atoms with Crippen LogP contribution in [-0.2, 0) is 23.9 Å². The molecule has 9 heteroatoms. The van der Waals surface area contributed by atoms with Gasteiger partial charge in [0.2, 0.25) is 5.91 Å². The highest BCUT2D eigenvalue weighted by atomic mass is 16.6. The average Bonchev–Trinajstić information content (AvgIpc) is 3.07. The molecule has 9 nitrogen and oxygen atoms in total. The molecular formula is C43H57NO8. The van der Waals surface area contributed by atoms with Gasteiger partial charge in [0.1, 0.15) is 12.2 Å². The highest BCUT2D eigenvalue weighted by Gasteiger charge is 2.73. The highest BCUT2D eigenvalue weighted by molar-refractivity contribution is 5.93. The average molecular weight is 716 g/mol. The summed E-state index contributed by atoms with van der Waals surface area (Å²) < 4.78 is 12.8. The number of ether oxygens (including phenoxy) is 2. The molecule has 0 heterocycles. The topological polar surface area (TPSA) is 142 Å². The van der Waals surface area contributed by atoms with Gasteiger partial charge < -0.3 is 30.1 Å². The van der Waals surface area contributed by atoms with E-state index in [1.807, 2.05) is 83.1 Å². The number of benzene rings is 2. The molecule has 2 bridgehead atoms. The number of Topliss-reactive ketones (excluding diaryl/α,β-unsaturated/α-hetero) is 1. The summed E-state index contributed by atoms with van der Waals surface area (Å²) in [5.74, 6) is -2.64. The number of carbonyl (C=O) groups is 3. The minimum absolute atomic E-state index is 0.0245.